The summed E-state index contributed by atoms with van der Waals surface area (Å²) in [5.74, 6) is -0.638. The Bertz CT molecular complexity index is 601. The molecule has 0 atom stereocenters. The van der Waals surface area contributed by atoms with Crippen molar-refractivity contribution < 1.29 is 14.6 Å². The number of carboxylic acid groups (broad SMARTS) is 1. The highest BCUT2D eigenvalue weighted by Crippen LogP contribution is 2.20. The summed E-state index contributed by atoms with van der Waals surface area (Å²) in [5.41, 5.74) is 0.981. The Morgan fingerprint density at radius 2 is 1.85 bits per heavy atom. The molecule has 2 aromatic carbocycles. The van der Waals surface area contributed by atoms with Gasteiger partial charge in [-0.2, -0.15) is 0 Å². The van der Waals surface area contributed by atoms with Crippen molar-refractivity contribution in [3.05, 3.63) is 59.1 Å². The zero-order valence-corrected chi connectivity index (χ0v) is 11.4. The summed E-state index contributed by atoms with van der Waals surface area (Å²) >= 11 is 6.01. The normalized spacial score (nSPS) is 10.1. The van der Waals surface area contributed by atoms with Crippen molar-refractivity contribution in [3.63, 3.8) is 0 Å². The summed E-state index contributed by atoms with van der Waals surface area (Å²) < 4.78 is 5.47. The second-order valence-electron chi connectivity index (χ2n) is 4.06. The number of para-hydroxylation sites is 2. The van der Waals surface area contributed by atoms with E-state index in [9.17, 15) is 4.79 Å². The molecule has 0 unspecified atom stereocenters. The molecule has 0 aromatic heterocycles. The van der Waals surface area contributed by atoms with Crippen molar-refractivity contribution >= 4 is 23.3 Å². The smallest absolute Gasteiger partial charge is 0.339 e. The molecule has 4 nitrogen and oxygen atoms in total. The van der Waals surface area contributed by atoms with Crippen LogP contribution in [0.4, 0.5) is 5.69 Å². The number of nitrogens with one attached hydrogen (secondary N) is 1. The van der Waals surface area contributed by atoms with Crippen molar-refractivity contribution in [1.29, 1.82) is 0 Å². The van der Waals surface area contributed by atoms with Gasteiger partial charge in [-0.15, -0.1) is 0 Å². The van der Waals surface area contributed by atoms with Crippen LogP contribution in [-0.4, -0.2) is 24.2 Å². The molecule has 0 aliphatic rings. The van der Waals surface area contributed by atoms with Gasteiger partial charge in [0, 0.05) is 6.54 Å². The van der Waals surface area contributed by atoms with Crippen LogP contribution in [0.3, 0.4) is 0 Å². The van der Waals surface area contributed by atoms with Gasteiger partial charge in [0.15, 0.2) is 0 Å². The predicted octanol–water partition coefficient (Wildman–Crippen LogP) is 3.53. The first kappa shape index (κ1) is 14.2. The number of anilines is 1. The number of carbonyl (C=O) groups is 1. The molecule has 0 spiro atoms. The van der Waals surface area contributed by atoms with Crippen molar-refractivity contribution in [2.24, 2.45) is 0 Å². The molecule has 0 saturated heterocycles. The molecule has 0 saturated carbocycles. The van der Waals surface area contributed by atoms with Crippen LogP contribution in [0.15, 0.2) is 48.5 Å². The third-order valence-electron chi connectivity index (χ3n) is 2.67. The van der Waals surface area contributed by atoms with Crippen molar-refractivity contribution in [3.8, 4) is 5.75 Å². The number of carboxylic acids is 1. The van der Waals surface area contributed by atoms with Gasteiger partial charge in [-0.25, -0.2) is 4.79 Å². The van der Waals surface area contributed by atoms with Gasteiger partial charge in [0.1, 0.15) is 17.9 Å². The molecule has 0 aliphatic carbocycles. The molecular weight excluding hydrogens is 278 g/mol. The Labute approximate surface area is 122 Å². The maximum atomic E-state index is 11.0. The van der Waals surface area contributed by atoms with E-state index in [0.29, 0.717) is 23.9 Å². The Morgan fingerprint density at radius 1 is 1.15 bits per heavy atom. The number of rotatable bonds is 6. The van der Waals surface area contributed by atoms with Gasteiger partial charge >= 0.3 is 5.97 Å². The lowest BCUT2D eigenvalue weighted by molar-refractivity contribution is 0.0692. The van der Waals surface area contributed by atoms with Crippen LogP contribution in [0.5, 0.6) is 5.75 Å². The van der Waals surface area contributed by atoms with E-state index in [-0.39, 0.29) is 5.56 Å². The van der Waals surface area contributed by atoms with E-state index in [0.717, 1.165) is 5.69 Å². The second kappa shape index (κ2) is 6.82. The van der Waals surface area contributed by atoms with E-state index >= 15 is 0 Å². The lowest BCUT2D eigenvalue weighted by Gasteiger charge is -2.11. The molecule has 2 aromatic rings. The van der Waals surface area contributed by atoms with Crippen LogP contribution in [0, 0.1) is 0 Å². The van der Waals surface area contributed by atoms with Gasteiger partial charge in [-0.1, -0.05) is 35.9 Å². The molecule has 0 aliphatic heterocycles. The Morgan fingerprint density at radius 3 is 2.60 bits per heavy atom. The summed E-state index contributed by atoms with van der Waals surface area (Å²) in [6.07, 6.45) is 0. The van der Waals surface area contributed by atoms with E-state index in [1.807, 2.05) is 18.2 Å². The number of halogens is 1. The largest absolute Gasteiger partial charge is 0.491 e. The molecular formula is C15H14ClNO3. The van der Waals surface area contributed by atoms with Crippen LogP contribution in [-0.2, 0) is 0 Å². The van der Waals surface area contributed by atoms with Crippen molar-refractivity contribution in [2.45, 2.75) is 0 Å². The Balaban J connectivity index is 1.88. The fraction of sp³-hybridized carbons (Fsp3) is 0.133. The highest BCUT2D eigenvalue weighted by Gasteiger charge is 2.09. The van der Waals surface area contributed by atoms with E-state index < -0.39 is 5.97 Å². The summed E-state index contributed by atoms with van der Waals surface area (Å²) in [6.45, 7) is 0.868. The van der Waals surface area contributed by atoms with Crippen LogP contribution < -0.4 is 10.1 Å². The first-order chi connectivity index (χ1) is 9.68. The van der Waals surface area contributed by atoms with Gasteiger partial charge in [-0.05, 0) is 24.3 Å². The fourth-order valence-corrected chi connectivity index (χ4v) is 1.92. The number of aromatic carboxylic acids is 1. The summed E-state index contributed by atoms with van der Waals surface area (Å²) in [5, 5.41) is 12.8. The zero-order valence-electron chi connectivity index (χ0n) is 10.7. The molecule has 0 bridgehead atoms. The van der Waals surface area contributed by atoms with Gasteiger partial charge in [-0.3, -0.25) is 0 Å². The molecule has 2 N–H and O–H groups in total. The fourth-order valence-electron chi connectivity index (χ4n) is 1.72. The lowest BCUT2D eigenvalue weighted by Crippen LogP contribution is -2.13. The second-order valence-corrected chi connectivity index (χ2v) is 4.46. The van der Waals surface area contributed by atoms with E-state index in [1.54, 1.807) is 24.3 Å². The Kier molecular flexibility index (Phi) is 4.85. The monoisotopic (exact) mass is 291 g/mol. The first-order valence-electron chi connectivity index (χ1n) is 6.12. The van der Waals surface area contributed by atoms with Crippen molar-refractivity contribution in [1.82, 2.24) is 0 Å². The summed E-state index contributed by atoms with van der Waals surface area (Å²) in [7, 11) is 0. The number of hydrogen-bond acceptors (Lipinski definition) is 3. The third-order valence-corrected chi connectivity index (χ3v) is 3.00. The topological polar surface area (TPSA) is 58.6 Å². The molecule has 2 rings (SSSR count). The minimum atomic E-state index is -1.00. The highest BCUT2D eigenvalue weighted by molar-refractivity contribution is 6.33. The minimum Gasteiger partial charge on any atom is -0.491 e. The zero-order chi connectivity index (χ0) is 14.4. The van der Waals surface area contributed by atoms with Crippen LogP contribution >= 0.6 is 11.6 Å². The number of hydrogen-bond donors (Lipinski definition) is 2. The van der Waals surface area contributed by atoms with Crippen LogP contribution in [0.25, 0.3) is 0 Å². The van der Waals surface area contributed by atoms with Crippen LogP contribution in [0.1, 0.15) is 10.4 Å². The SMILES string of the molecule is O=C(O)c1ccccc1OCCNc1ccccc1Cl. The Hall–Kier alpha value is -2.20. The van der Waals surface area contributed by atoms with Gasteiger partial charge in [0.25, 0.3) is 0 Å². The van der Waals surface area contributed by atoms with Gasteiger partial charge < -0.3 is 15.2 Å². The summed E-state index contributed by atoms with van der Waals surface area (Å²) in [4.78, 5) is 11.0. The standard InChI is InChI=1S/C15H14ClNO3/c16-12-6-2-3-7-13(12)17-9-10-20-14-8-4-1-5-11(14)15(18)19/h1-8,17H,9-10H2,(H,18,19). The van der Waals surface area contributed by atoms with E-state index in [4.69, 9.17) is 21.4 Å². The molecule has 0 amide bonds. The first-order valence-corrected chi connectivity index (χ1v) is 6.50. The van der Waals surface area contributed by atoms with Gasteiger partial charge in [0.2, 0.25) is 0 Å². The quantitative estimate of drug-likeness (QED) is 0.799. The maximum absolute atomic E-state index is 11.0. The highest BCUT2D eigenvalue weighted by atomic mass is 35.5. The molecule has 0 radical (unpaired) electrons. The van der Waals surface area contributed by atoms with E-state index in [1.165, 1.54) is 6.07 Å². The predicted molar refractivity (Wildman–Crippen MR) is 78.8 cm³/mol. The average Bonchev–Trinajstić information content (AvgIpc) is 2.45. The maximum Gasteiger partial charge on any atom is 0.339 e. The van der Waals surface area contributed by atoms with Gasteiger partial charge in [0.05, 0.1) is 10.7 Å². The molecule has 20 heavy (non-hydrogen) atoms. The molecule has 0 heterocycles. The summed E-state index contributed by atoms with van der Waals surface area (Å²) in [6, 6.07) is 14.0. The molecule has 104 valence electrons. The number of ether oxygens (including phenoxy) is 1. The lowest BCUT2D eigenvalue weighted by atomic mass is 10.2. The molecule has 5 heteroatoms. The van der Waals surface area contributed by atoms with Crippen LogP contribution in [0.2, 0.25) is 5.02 Å². The number of benzene rings is 2. The molecule has 0 fully saturated rings. The van der Waals surface area contributed by atoms with Crippen molar-refractivity contribution in [2.75, 3.05) is 18.5 Å². The van der Waals surface area contributed by atoms with E-state index in [2.05, 4.69) is 5.32 Å². The average molecular weight is 292 g/mol. The third kappa shape index (κ3) is 3.65. The minimum absolute atomic E-state index is 0.158.